The number of hydrogen-bond acceptors (Lipinski definition) is 7. The lowest BCUT2D eigenvalue weighted by molar-refractivity contribution is -0.138. The van der Waals surface area contributed by atoms with Gasteiger partial charge in [-0.3, -0.25) is 9.88 Å². The summed E-state index contributed by atoms with van der Waals surface area (Å²) >= 11 is 0. The third-order valence-electron chi connectivity index (χ3n) is 8.76. The van der Waals surface area contributed by atoms with E-state index < -0.39 is 17.8 Å². The van der Waals surface area contributed by atoms with Crippen LogP contribution < -0.4 is 10.1 Å². The summed E-state index contributed by atoms with van der Waals surface area (Å²) in [6, 6.07) is 10.8. The highest BCUT2D eigenvalue weighted by molar-refractivity contribution is 5.90. The molecule has 10 nitrogen and oxygen atoms in total. The fourth-order valence-electron chi connectivity index (χ4n) is 6.19. The molecule has 46 heavy (non-hydrogen) atoms. The van der Waals surface area contributed by atoms with Crippen molar-refractivity contribution in [3.05, 3.63) is 76.9 Å². The van der Waals surface area contributed by atoms with Gasteiger partial charge in [-0.25, -0.2) is 9.78 Å². The van der Waals surface area contributed by atoms with Crippen LogP contribution in [0.3, 0.4) is 0 Å². The molecular formula is C33H35F3N8O2. The quantitative estimate of drug-likeness (QED) is 0.245. The van der Waals surface area contributed by atoms with Gasteiger partial charge in [-0.15, -0.1) is 0 Å². The zero-order valence-corrected chi connectivity index (χ0v) is 25.7. The molecule has 1 saturated heterocycles. The summed E-state index contributed by atoms with van der Waals surface area (Å²) in [6.45, 7) is 8.88. The number of nitrogens with zero attached hydrogens (tertiary/aromatic N) is 6. The number of amides is 2. The number of carbonyl (C=O) groups excluding carboxylic acids is 1. The van der Waals surface area contributed by atoms with Crippen LogP contribution in [0.25, 0.3) is 11.0 Å². The highest BCUT2D eigenvalue weighted by Gasteiger charge is 2.35. The molecule has 0 radical (unpaired) electrons. The van der Waals surface area contributed by atoms with Crippen molar-refractivity contribution in [1.82, 2.24) is 29.7 Å². The van der Waals surface area contributed by atoms with Crippen LogP contribution in [-0.2, 0) is 19.3 Å². The molecule has 0 saturated carbocycles. The second-order valence-corrected chi connectivity index (χ2v) is 11.7. The number of H-pyrrole nitrogens is 1. The first-order valence-electron chi connectivity index (χ1n) is 15.4. The maximum atomic E-state index is 14.2. The largest absolute Gasteiger partial charge is 0.455 e. The van der Waals surface area contributed by atoms with E-state index in [1.807, 2.05) is 17.9 Å². The van der Waals surface area contributed by atoms with Gasteiger partial charge < -0.3 is 24.8 Å². The van der Waals surface area contributed by atoms with E-state index in [2.05, 4.69) is 38.2 Å². The Morgan fingerprint density at radius 3 is 2.61 bits per heavy atom. The predicted molar refractivity (Wildman–Crippen MR) is 166 cm³/mol. The first-order chi connectivity index (χ1) is 22.1. The minimum atomic E-state index is -4.56. The van der Waals surface area contributed by atoms with Gasteiger partial charge in [0.25, 0.3) is 0 Å². The van der Waals surface area contributed by atoms with Crippen molar-refractivity contribution in [2.45, 2.75) is 45.5 Å². The number of alkyl halides is 3. The number of rotatable bonds is 7. The summed E-state index contributed by atoms with van der Waals surface area (Å²) in [6.07, 6.45) is -0.637. The number of benzene rings is 1. The summed E-state index contributed by atoms with van der Waals surface area (Å²) in [4.78, 5) is 31.2. The molecule has 5 heterocycles. The fraction of sp³-hybridized carbons (Fsp3) is 0.394. The SMILES string of the molecule is CC[C@H]1CN(C(=O)Nc2ccc(CN3CCN(CC)CC3)c(C(F)(F)F)c2)Cc2cc(Oc3ccnc4[nH]c(C#N)cc34)cnc21. The van der Waals surface area contributed by atoms with Gasteiger partial charge in [-0.2, -0.15) is 18.4 Å². The molecule has 2 aliphatic heterocycles. The minimum absolute atomic E-state index is 0.0553. The average molecular weight is 633 g/mol. The second-order valence-electron chi connectivity index (χ2n) is 11.7. The Balaban J connectivity index is 1.18. The summed E-state index contributed by atoms with van der Waals surface area (Å²) in [5.74, 6) is 0.888. The number of aromatic nitrogens is 3. The first-order valence-corrected chi connectivity index (χ1v) is 15.4. The maximum absolute atomic E-state index is 14.2. The molecule has 6 rings (SSSR count). The fourth-order valence-corrected chi connectivity index (χ4v) is 6.19. The maximum Gasteiger partial charge on any atom is 0.416 e. The Morgan fingerprint density at radius 1 is 1.11 bits per heavy atom. The smallest absolute Gasteiger partial charge is 0.416 e. The van der Waals surface area contributed by atoms with E-state index in [1.165, 1.54) is 6.07 Å². The number of hydrogen-bond donors (Lipinski definition) is 2. The van der Waals surface area contributed by atoms with Gasteiger partial charge in [-0.05, 0) is 54.4 Å². The van der Waals surface area contributed by atoms with E-state index in [0.717, 1.165) is 37.0 Å². The lowest BCUT2D eigenvalue weighted by Crippen LogP contribution is -2.45. The van der Waals surface area contributed by atoms with Crippen molar-refractivity contribution < 1.29 is 22.7 Å². The number of nitriles is 1. The molecule has 0 bridgehead atoms. The molecule has 2 amide bonds. The standard InChI is InChI=1S/C33H35F3N8O2/c1-3-21-19-44(20-23-13-26(17-39-30(21)23)46-29-7-8-38-31-27(29)14-25(16-37)40-31)32(45)41-24-6-5-22(28(15-24)33(34,35)36)18-43-11-9-42(4-2)10-12-43/h5-8,13-15,17,21H,3-4,9-12,18-20H2,1-2H3,(H,38,40)(H,41,45)/t21-/m0/s1. The highest BCUT2D eigenvalue weighted by Crippen LogP contribution is 2.36. The molecule has 4 aromatic rings. The van der Waals surface area contributed by atoms with Gasteiger partial charge >= 0.3 is 12.2 Å². The Morgan fingerprint density at radius 2 is 1.89 bits per heavy atom. The number of piperazine rings is 1. The number of likely N-dealkylation sites (N-methyl/N-ethyl adjacent to an activating group) is 1. The van der Waals surface area contributed by atoms with E-state index in [9.17, 15) is 23.2 Å². The molecule has 1 fully saturated rings. The minimum Gasteiger partial charge on any atom is -0.455 e. The second kappa shape index (κ2) is 13.0. The molecule has 13 heteroatoms. The topological polar surface area (TPSA) is 113 Å². The van der Waals surface area contributed by atoms with Crippen LogP contribution >= 0.6 is 0 Å². The van der Waals surface area contributed by atoms with Gasteiger partial charge in [0.05, 0.1) is 22.8 Å². The number of nitrogens with one attached hydrogen (secondary N) is 2. The zero-order chi connectivity index (χ0) is 32.4. The third kappa shape index (κ3) is 6.63. The van der Waals surface area contributed by atoms with Gasteiger partial charge in [-0.1, -0.05) is 19.9 Å². The molecule has 3 aromatic heterocycles. The summed E-state index contributed by atoms with van der Waals surface area (Å²) in [5, 5.41) is 12.6. The van der Waals surface area contributed by atoms with E-state index in [0.29, 0.717) is 54.3 Å². The average Bonchev–Trinajstić information content (AvgIpc) is 3.49. The van der Waals surface area contributed by atoms with Gasteiger partial charge in [0.2, 0.25) is 0 Å². The Labute approximate surface area is 264 Å². The molecule has 2 aliphatic rings. The number of fused-ring (bicyclic) bond motifs is 2. The molecule has 2 N–H and O–H groups in total. The summed E-state index contributed by atoms with van der Waals surface area (Å²) < 4.78 is 48.6. The van der Waals surface area contributed by atoms with Crippen LogP contribution in [0.2, 0.25) is 0 Å². The molecule has 1 aromatic carbocycles. The van der Waals surface area contributed by atoms with E-state index in [1.54, 1.807) is 35.5 Å². The monoisotopic (exact) mass is 632 g/mol. The van der Waals surface area contributed by atoms with E-state index in [-0.39, 0.29) is 30.3 Å². The van der Waals surface area contributed by atoms with Crippen LogP contribution in [0.5, 0.6) is 11.5 Å². The number of halogens is 3. The highest BCUT2D eigenvalue weighted by atomic mass is 19.4. The van der Waals surface area contributed by atoms with Crippen molar-refractivity contribution in [3.63, 3.8) is 0 Å². The van der Waals surface area contributed by atoms with Gasteiger partial charge in [0.1, 0.15) is 28.9 Å². The Bertz CT molecular complexity index is 1780. The first kappa shape index (κ1) is 31.3. The number of urea groups is 1. The lowest BCUT2D eigenvalue weighted by Gasteiger charge is -2.34. The number of pyridine rings is 2. The third-order valence-corrected chi connectivity index (χ3v) is 8.76. The Kier molecular flexibility index (Phi) is 8.84. The van der Waals surface area contributed by atoms with Gasteiger partial charge in [0, 0.05) is 63.6 Å². The number of anilines is 1. The van der Waals surface area contributed by atoms with E-state index in [4.69, 9.17) is 4.74 Å². The molecule has 1 atom stereocenters. The van der Waals surface area contributed by atoms with Crippen LogP contribution in [0, 0.1) is 11.3 Å². The van der Waals surface area contributed by atoms with Crippen molar-refractivity contribution in [3.8, 4) is 17.6 Å². The van der Waals surface area contributed by atoms with Crippen molar-refractivity contribution in [1.29, 1.82) is 5.26 Å². The van der Waals surface area contributed by atoms with Crippen LogP contribution in [-0.4, -0.2) is 75.0 Å². The van der Waals surface area contributed by atoms with Crippen molar-refractivity contribution >= 4 is 22.8 Å². The molecule has 0 unspecified atom stereocenters. The Hall–Kier alpha value is -4.67. The molecule has 240 valence electrons. The lowest BCUT2D eigenvalue weighted by atomic mass is 9.92. The normalized spacial score (nSPS) is 17.5. The van der Waals surface area contributed by atoms with Crippen LogP contribution in [0.1, 0.15) is 54.3 Å². The van der Waals surface area contributed by atoms with Crippen LogP contribution in [0.4, 0.5) is 23.7 Å². The predicted octanol–water partition coefficient (Wildman–Crippen LogP) is 6.32. The van der Waals surface area contributed by atoms with Gasteiger partial charge in [0.15, 0.2) is 0 Å². The molecule has 0 aliphatic carbocycles. The van der Waals surface area contributed by atoms with Crippen molar-refractivity contribution in [2.75, 3.05) is 44.6 Å². The zero-order valence-electron chi connectivity index (χ0n) is 25.7. The number of aromatic amines is 1. The van der Waals surface area contributed by atoms with Crippen molar-refractivity contribution in [2.24, 2.45) is 0 Å². The summed E-state index contributed by atoms with van der Waals surface area (Å²) in [7, 11) is 0. The van der Waals surface area contributed by atoms with E-state index >= 15 is 0 Å². The number of ether oxygens (including phenoxy) is 1. The summed E-state index contributed by atoms with van der Waals surface area (Å²) in [5.41, 5.74) is 2.08. The number of carbonyl (C=O) groups is 1. The molecular weight excluding hydrogens is 597 g/mol. The van der Waals surface area contributed by atoms with Crippen LogP contribution in [0.15, 0.2) is 48.8 Å². The molecule has 0 spiro atoms.